The maximum atomic E-state index is 12.5. The predicted molar refractivity (Wildman–Crippen MR) is 60.2 cm³/mol. The lowest BCUT2D eigenvalue weighted by Gasteiger charge is -2.25. The van der Waals surface area contributed by atoms with E-state index in [9.17, 15) is 13.2 Å². The summed E-state index contributed by atoms with van der Waals surface area (Å²) in [5, 5.41) is 2.87. The maximum absolute atomic E-state index is 12.5. The highest BCUT2D eigenvalue weighted by atomic mass is 19.4. The molecule has 0 spiro atoms. The number of hydrogen-bond donors (Lipinski definition) is 1. The largest absolute Gasteiger partial charge is 0.405 e. The van der Waals surface area contributed by atoms with Crippen molar-refractivity contribution in [1.29, 1.82) is 0 Å². The van der Waals surface area contributed by atoms with Gasteiger partial charge in [-0.2, -0.15) is 13.2 Å². The van der Waals surface area contributed by atoms with Crippen molar-refractivity contribution in [1.82, 2.24) is 4.98 Å². The standard InChI is InChI=1S/C11H14F3N3/c1-15-8-4-10(6-16-5-8)17(9-2-3-9)7-11(12,13)14/h4-6,9,15H,2-3,7H2,1H3. The molecule has 1 saturated carbocycles. The number of hydrogen-bond acceptors (Lipinski definition) is 3. The zero-order chi connectivity index (χ0) is 12.5. The summed E-state index contributed by atoms with van der Waals surface area (Å²) in [5.41, 5.74) is 1.24. The zero-order valence-electron chi connectivity index (χ0n) is 9.46. The van der Waals surface area contributed by atoms with E-state index in [1.54, 1.807) is 19.3 Å². The third-order valence-corrected chi connectivity index (χ3v) is 2.68. The number of pyridine rings is 1. The van der Waals surface area contributed by atoms with Crippen LogP contribution in [-0.2, 0) is 0 Å². The van der Waals surface area contributed by atoms with Crippen LogP contribution >= 0.6 is 0 Å². The lowest BCUT2D eigenvalue weighted by Crippen LogP contribution is -2.36. The van der Waals surface area contributed by atoms with Gasteiger partial charge in [0, 0.05) is 13.1 Å². The smallest absolute Gasteiger partial charge is 0.387 e. The molecule has 1 heterocycles. The molecule has 0 unspecified atom stereocenters. The molecular weight excluding hydrogens is 231 g/mol. The van der Waals surface area contributed by atoms with E-state index in [0.717, 1.165) is 18.5 Å². The number of halogens is 3. The monoisotopic (exact) mass is 245 g/mol. The molecule has 6 heteroatoms. The minimum Gasteiger partial charge on any atom is -0.387 e. The summed E-state index contributed by atoms with van der Waals surface area (Å²) in [5.74, 6) is 0. The fourth-order valence-electron chi connectivity index (χ4n) is 1.73. The van der Waals surface area contributed by atoms with Gasteiger partial charge in [0.25, 0.3) is 0 Å². The molecule has 1 aliphatic carbocycles. The van der Waals surface area contributed by atoms with Crippen LogP contribution in [0.1, 0.15) is 12.8 Å². The molecule has 3 nitrogen and oxygen atoms in total. The third kappa shape index (κ3) is 3.25. The first-order valence-corrected chi connectivity index (χ1v) is 5.46. The van der Waals surface area contributed by atoms with E-state index in [1.807, 2.05) is 0 Å². The second-order valence-corrected chi connectivity index (χ2v) is 4.16. The minimum absolute atomic E-state index is 0.00512. The van der Waals surface area contributed by atoms with Crippen LogP contribution in [-0.4, -0.2) is 30.8 Å². The van der Waals surface area contributed by atoms with Crippen LogP contribution in [0.5, 0.6) is 0 Å². The summed E-state index contributed by atoms with van der Waals surface area (Å²) in [7, 11) is 1.71. The molecule has 1 fully saturated rings. The Labute approximate surface area is 97.6 Å². The quantitative estimate of drug-likeness (QED) is 0.883. The van der Waals surface area contributed by atoms with Crippen LogP contribution in [0.4, 0.5) is 24.5 Å². The van der Waals surface area contributed by atoms with E-state index < -0.39 is 12.7 Å². The van der Waals surface area contributed by atoms with Crippen LogP contribution in [0.25, 0.3) is 0 Å². The van der Waals surface area contributed by atoms with Crippen molar-refractivity contribution in [3.63, 3.8) is 0 Å². The first-order valence-electron chi connectivity index (χ1n) is 5.46. The summed E-state index contributed by atoms with van der Waals surface area (Å²) in [6.07, 6.45) is 0.519. The topological polar surface area (TPSA) is 28.2 Å². The van der Waals surface area contributed by atoms with Gasteiger partial charge in [-0.1, -0.05) is 0 Å². The van der Waals surface area contributed by atoms with Gasteiger partial charge in [0.1, 0.15) is 6.54 Å². The molecular formula is C11H14F3N3. The Morgan fingerprint density at radius 2 is 2.12 bits per heavy atom. The molecule has 0 bridgehead atoms. The van der Waals surface area contributed by atoms with Crippen LogP contribution < -0.4 is 10.2 Å². The number of nitrogens with one attached hydrogen (secondary N) is 1. The van der Waals surface area contributed by atoms with Crippen molar-refractivity contribution in [3.05, 3.63) is 18.5 Å². The van der Waals surface area contributed by atoms with Gasteiger partial charge in [0.15, 0.2) is 0 Å². The normalized spacial score (nSPS) is 15.8. The lowest BCUT2D eigenvalue weighted by molar-refractivity contribution is -0.120. The number of rotatable bonds is 4. The van der Waals surface area contributed by atoms with Crippen molar-refractivity contribution in [2.24, 2.45) is 0 Å². The Balaban J connectivity index is 2.19. The van der Waals surface area contributed by atoms with Crippen molar-refractivity contribution in [3.8, 4) is 0 Å². The first kappa shape index (κ1) is 12.0. The molecule has 0 radical (unpaired) electrons. The summed E-state index contributed by atoms with van der Waals surface area (Å²) in [4.78, 5) is 5.33. The second kappa shape index (κ2) is 4.43. The Kier molecular flexibility index (Phi) is 3.13. The van der Waals surface area contributed by atoms with Crippen LogP contribution in [0.3, 0.4) is 0 Å². The van der Waals surface area contributed by atoms with Gasteiger partial charge in [-0.15, -0.1) is 0 Å². The highest BCUT2D eigenvalue weighted by Crippen LogP contribution is 2.34. The van der Waals surface area contributed by atoms with E-state index in [4.69, 9.17) is 0 Å². The van der Waals surface area contributed by atoms with Gasteiger partial charge in [-0.05, 0) is 18.9 Å². The molecule has 2 rings (SSSR count). The first-order chi connectivity index (χ1) is 7.99. The van der Waals surface area contributed by atoms with Gasteiger partial charge in [0.2, 0.25) is 0 Å². The number of nitrogens with zero attached hydrogens (tertiary/aromatic N) is 2. The van der Waals surface area contributed by atoms with E-state index >= 15 is 0 Å². The maximum Gasteiger partial charge on any atom is 0.405 e. The number of anilines is 2. The molecule has 0 atom stereocenters. The fraction of sp³-hybridized carbons (Fsp3) is 0.545. The van der Waals surface area contributed by atoms with Gasteiger partial charge >= 0.3 is 6.18 Å². The molecule has 0 amide bonds. The van der Waals surface area contributed by atoms with E-state index in [2.05, 4.69) is 10.3 Å². The highest BCUT2D eigenvalue weighted by molar-refractivity contribution is 5.56. The lowest BCUT2D eigenvalue weighted by atomic mass is 10.3. The Hall–Kier alpha value is -1.46. The van der Waals surface area contributed by atoms with Gasteiger partial charge < -0.3 is 10.2 Å². The zero-order valence-corrected chi connectivity index (χ0v) is 9.46. The average Bonchev–Trinajstić information content (AvgIpc) is 3.09. The molecule has 17 heavy (non-hydrogen) atoms. The molecule has 1 N–H and O–H groups in total. The average molecular weight is 245 g/mol. The summed E-state index contributed by atoms with van der Waals surface area (Å²) >= 11 is 0. The van der Waals surface area contributed by atoms with Crippen molar-refractivity contribution in [2.75, 3.05) is 23.8 Å². The third-order valence-electron chi connectivity index (χ3n) is 2.68. The van der Waals surface area contributed by atoms with Crippen molar-refractivity contribution in [2.45, 2.75) is 25.1 Å². The molecule has 94 valence electrons. The fourth-order valence-corrected chi connectivity index (χ4v) is 1.73. The predicted octanol–water partition coefficient (Wildman–Crippen LogP) is 2.65. The van der Waals surface area contributed by atoms with Crippen LogP contribution in [0, 0.1) is 0 Å². The van der Waals surface area contributed by atoms with Crippen molar-refractivity contribution >= 4 is 11.4 Å². The van der Waals surface area contributed by atoms with E-state index in [-0.39, 0.29) is 6.04 Å². The van der Waals surface area contributed by atoms with Gasteiger partial charge in [-0.3, -0.25) is 4.98 Å². The molecule has 1 aliphatic rings. The Morgan fingerprint density at radius 3 is 2.65 bits per heavy atom. The van der Waals surface area contributed by atoms with Gasteiger partial charge in [0.05, 0.1) is 23.8 Å². The second-order valence-electron chi connectivity index (χ2n) is 4.16. The molecule has 1 aromatic heterocycles. The molecule has 1 aromatic rings. The SMILES string of the molecule is CNc1cncc(N(CC(F)(F)F)C2CC2)c1. The van der Waals surface area contributed by atoms with E-state index in [1.165, 1.54) is 11.1 Å². The minimum atomic E-state index is -4.18. The number of aromatic nitrogens is 1. The Morgan fingerprint density at radius 1 is 1.41 bits per heavy atom. The van der Waals surface area contributed by atoms with E-state index in [0.29, 0.717) is 5.69 Å². The summed E-state index contributed by atoms with van der Waals surface area (Å²) < 4.78 is 37.5. The van der Waals surface area contributed by atoms with Crippen LogP contribution in [0.15, 0.2) is 18.5 Å². The highest BCUT2D eigenvalue weighted by Gasteiger charge is 2.38. The van der Waals surface area contributed by atoms with Gasteiger partial charge in [-0.25, -0.2) is 0 Å². The van der Waals surface area contributed by atoms with Crippen molar-refractivity contribution < 1.29 is 13.2 Å². The molecule has 0 aromatic carbocycles. The summed E-state index contributed by atoms with van der Waals surface area (Å²) in [6, 6.07) is 1.70. The summed E-state index contributed by atoms with van der Waals surface area (Å²) in [6.45, 7) is -0.910. The molecule has 0 saturated heterocycles. The Bertz CT molecular complexity index is 388. The number of alkyl halides is 3. The van der Waals surface area contributed by atoms with Crippen LogP contribution in [0.2, 0.25) is 0 Å². The molecule has 0 aliphatic heterocycles.